The molecular weight excluding hydrogens is 290 g/mol. The molecule has 2 fully saturated rings. The molecule has 1 aromatic rings. The zero-order valence-electron chi connectivity index (χ0n) is 12.2. The van der Waals surface area contributed by atoms with E-state index in [2.05, 4.69) is 0 Å². The SMILES string of the molecule is Cc1ccc([N+](=O)[O-])cc1OC1CC(Cl)C12CCCCC2. The number of nitrogens with zero attached hydrogens (tertiary/aromatic N) is 1. The van der Waals surface area contributed by atoms with Crippen molar-refractivity contribution in [3.63, 3.8) is 0 Å². The molecule has 0 bridgehead atoms. The topological polar surface area (TPSA) is 52.4 Å². The second-order valence-corrected chi connectivity index (χ2v) is 6.84. The van der Waals surface area contributed by atoms with E-state index in [1.165, 1.54) is 31.4 Å². The molecule has 2 aliphatic rings. The minimum absolute atomic E-state index is 0.0787. The van der Waals surface area contributed by atoms with Crippen LogP contribution in [0.25, 0.3) is 0 Å². The van der Waals surface area contributed by atoms with Gasteiger partial charge in [-0.15, -0.1) is 11.6 Å². The van der Waals surface area contributed by atoms with E-state index < -0.39 is 0 Å². The number of nitro benzene ring substituents is 1. The van der Waals surface area contributed by atoms with Gasteiger partial charge in [0.05, 0.1) is 11.0 Å². The van der Waals surface area contributed by atoms with E-state index in [0.29, 0.717) is 5.75 Å². The molecule has 2 saturated carbocycles. The summed E-state index contributed by atoms with van der Waals surface area (Å²) in [6.07, 6.45) is 6.84. The van der Waals surface area contributed by atoms with Crippen molar-refractivity contribution in [2.45, 2.75) is 56.9 Å². The molecule has 0 saturated heterocycles. The van der Waals surface area contributed by atoms with Crippen LogP contribution in [0.4, 0.5) is 5.69 Å². The number of benzene rings is 1. The van der Waals surface area contributed by atoms with Crippen molar-refractivity contribution in [2.75, 3.05) is 0 Å². The van der Waals surface area contributed by atoms with Gasteiger partial charge in [0.1, 0.15) is 11.9 Å². The summed E-state index contributed by atoms with van der Waals surface area (Å²) in [6.45, 7) is 1.92. The maximum absolute atomic E-state index is 10.9. The van der Waals surface area contributed by atoms with Crippen LogP contribution in [0.2, 0.25) is 0 Å². The van der Waals surface area contributed by atoms with E-state index in [1.807, 2.05) is 6.92 Å². The van der Waals surface area contributed by atoms with Crippen LogP contribution in [0, 0.1) is 22.5 Å². The summed E-state index contributed by atoms with van der Waals surface area (Å²) in [5, 5.41) is 11.1. The fourth-order valence-electron chi connectivity index (χ4n) is 3.69. The molecule has 4 nitrogen and oxygen atoms in total. The van der Waals surface area contributed by atoms with Gasteiger partial charge < -0.3 is 4.74 Å². The van der Waals surface area contributed by atoms with E-state index in [4.69, 9.17) is 16.3 Å². The lowest BCUT2D eigenvalue weighted by molar-refractivity contribution is -0.385. The molecule has 114 valence electrons. The van der Waals surface area contributed by atoms with Crippen molar-refractivity contribution in [2.24, 2.45) is 5.41 Å². The Balaban J connectivity index is 1.80. The Morgan fingerprint density at radius 2 is 2.05 bits per heavy atom. The fourth-order valence-corrected chi connectivity index (χ4v) is 4.21. The highest BCUT2D eigenvalue weighted by atomic mass is 35.5. The van der Waals surface area contributed by atoms with Gasteiger partial charge in [-0.3, -0.25) is 10.1 Å². The van der Waals surface area contributed by atoms with Crippen LogP contribution in [0.3, 0.4) is 0 Å². The molecule has 0 radical (unpaired) electrons. The number of aryl methyl sites for hydroxylation is 1. The number of ether oxygens (including phenoxy) is 1. The summed E-state index contributed by atoms with van der Waals surface area (Å²) in [6, 6.07) is 4.80. The third-order valence-electron chi connectivity index (χ3n) is 5.12. The molecule has 5 heteroatoms. The smallest absolute Gasteiger partial charge is 0.273 e. The standard InChI is InChI=1S/C16H20ClNO3/c1-11-5-6-12(18(19)20)9-13(11)21-15-10-14(17)16(15)7-3-2-4-8-16/h5-6,9,14-15H,2-4,7-8,10H2,1H3. The average Bonchev–Trinajstić information content (AvgIpc) is 2.49. The van der Waals surface area contributed by atoms with E-state index in [0.717, 1.165) is 24.8 Å². The minimum atomic E-state index is -0.381. The Labute approximate surface area is 129 Å². The Morgan fingerprint density at radius 1 is 1.33 bits per heavy atom. The zero-order chi connectivity index (χ0) is 15.0. The molecule has 1 aromatic carbocycles. The van der Waals surface area contributed by atoms with E-state index in [9.17, 15) is 10.1 Å². The van der Waals surface area contributed by atoms with Gasteiger partial charge in [0.25, 0.3) is 5.69 Å². The van der Waals surface area contributed by atoms with Crippen LogP contribution < -0.4 is 4.74 Å². The second kappa shape index (κ2) is 5.48. The number of hydrogen-bond acceptors (Lipinski definition) is 3. The van der Waals surface area contributed by atoms with Gasteiger partial charge in [-0.25, -0.2) is 0 Å². The molecule has 0 amide bonds. The van der Waals surface area contributed by atoms with Crippen molar-refractivity contribution in [3.05, 3.63) is 33.9 Å². The third-order valence-corrected chi connectivity index (χ3v) is 5.74. The second-order valence-electron chi connectivity index (χ2n) is 6.31. The number of rotatable bonds is 3. The minimum Gasteiger partial charge on any atom is -0.489 e. The van der Waals surface area contributed by atoms with Crippen molar-refractivity contribution in [1.82, 2.24) is 0 Å². The largest absolute Gasteiger partial charge is 0.489 e. The van der Waals surface area contributed by atoms with E-state index >= 15 is 0 Å². The van der Waals surface area contributed by atoms with Crippen LogP contribution in [0.5, 0.6) is 5.75 Å². The highest BCUT2D eigenvalue weighted by Crippen LogP contribution is 2.55. The first-order chi connectivity index (χ1) is 10.0. The van der Waals surface area contributed by atoms with Gasteiger partial charge in [-0.05, 0) is 31.4 Å². The monoisotopic (exact) mass is 309 g/mol. The Kier molecular flexibility index (Phi) is 3.82. The summed E-state index contributed by atoms with van der Waals surface area (Å²) >= 11 is 6.48. The van der Waals surface area contributed by atoms with Gasteiger partial charge in [0.15, 0.2) is 0 Å². The van der Waals surface area contributed by atoms with Crippen molar-refractivity contribution in [1.29, 1.82) is 0 Å². The van der Waals surface area contributed by atoms with Crippen molar-refractivity contribution < 1.29 is 9.66 Å². The van der Waals surface area contributed by atoms with Gasteiger partial charge in [-0.2, -0.15) is 0 Å². The van der Waals surface area contributed by atoms with Crippen LogP contribution in [-0.2, 0) is 0 Å². The lowest BCUT2D eigenvalue weighted by Gasteiger charge is -2.55. The first-order valence-corrected chi connectivity index (χ1v) is 8.02. The molecule has 3 rings (SSSR count). The molecule has 0 aliphatic heterocycles. The molecular formula is C16H20ClNO3. The number of hydrogen-bond donors (Lipinski definition) is 0. The maximum Gasteiger partial charge on any atom is 0.273 e. The normalized spacial score (nSPS) is 27.1. The summed E-state index contributed by atoms with van der Waals surface area (Å²) in [7, 11) is 0. The first-order valence-electron chi connectivity index (χ1n) is 7.59. The molecule has 1 spiro atoms. The molecule has 21 heavy (non-hydrogen) atoms. The Morgan fingerprint density at radius 3 is 2.67 bits per heavy atom. The van der Waals surface area contributed by atoms with Crippen LogP contribution in [0.15, 0.2) is 18.2 Å². The van der Waals surface area contributed by atoms with Gasteiger partial charge in [-0.1, -0.05) is 19.3 Å². The van der Waals surface area contributed by atoms with E-state index in [-0.39, 0.29) is 27.5 Å². The summed E-state index contributed by atoms with van der Waals surface area (Å²) in [4.78, 5) is 10.5. The zero-order valence-corrected chi connectivity index (χ0v) is 12.9. The van der Waals surface area contributed by atoms with E-state index in [1.54, 1.807) is 6.07 Å². The fraction of sp³-hybridized carbons (Fsp3) is 0.625. The van der Waals surface area contributed by atoms with Gasteiger partial charge >= 0.3 is 0 Å². The first kappa shape index (κ1) is 14.6. The summed E-state index contributed by atoms with van der Waals surface area (Å²) < 4.78 is 6.15. The maximum atomic E-state index is 10.9. The lowest BCUT2D eigenvalue weighted by Crippen LogP contribution is -2.58. The average molecular weight is 310 g/mol. The molecule has 2 atom stereocenters. The third kappa shape index (κ3) is 2.50. The molecule has 0 heterocycles. The van der Waals surface area contributed by atoms with Gasteiger partial charge in [0, 0.05) is 23.3 Å². The number of halogens is 1. The van der Waals surface area contributed by atoms with Crippen molar-refractivity contribution >= 4 is 17.3 Å². The predicted octanol–water partition coefficient (Wildman–Crippen LogP) is 4.61. The van der Waals surface area contributed by atoms with Crippen LogP contribution >= 0.6 is 11.6 Å². The quantitative estimate of drug-likeness (QED) is 0.465. The Hall–Kier alpha value is -1.29. The Bertz CT molecular complexity index is 554. The molecule has 0 aromatic heterocycles. The van der Waals surface area contributed by atoms with Crippen molar-refractivity contribution in [3.8, 4) is 5.75 Å². The molecule has 0 N–H and O–H groups in total. The summed E-state index contributed by atoms with van der Waals surface area (Å²) in [5.74, 6) is 0.628. The highest BCUT2D eigenvalue weighted by molar-refractivity contribution is 6.21. The summed E-state index contributed by atoms with van der Waals surface area (Å²) in [5.41, 5.74) is 1.09. The molecule has 2 aliphatic carbocycles. The number of non-ortho nitro benzene ring substituents is 1. The number of alkyl halides is 1. The number of nitro groups is 1. The van der Waals surface area contributed by atoms with Crippen LogP contribution in [-0.4, -0.2) is 16.4 Å². The van der Waals surface area contributed by atoms with Crippen LogP contribution in [0.1, 0.15) is 44.1 Å². The van der Waals surface area contributed by atoms with Gasteiger partial charge in [0.2, 0.25) is 0 Å². The molecule has 2 unspecified atom stereocenters. The lowest BCUT2D eigenvalue weighted by atomic mass is 9.58. The predicted molar refractivity (Wildman–Crippen MR) is 82.0 cm³/mol. The highest BCUT2D eigenvalue weighted by Gasteiger charge is 2.55.